The lowest BCUT2D eigenvalue weighted by atomic mass is 9.94. The minimum atomic E-state index is 0. The van der Waals surface area contributed by atoms with Crippen LogP contribution in [0.4, 0.5) is 0 Å². The molecule has 0 aromatic rings. The van der Waals surface area contributed by atoms with Crippen molar-refractivity contribution in [2.75, 3.05) is 39.3 Å². The van der Waals surface area contributed by atoms with Gasteiger partial charge < -0.3 is 15.1 Å². The van der Waals surface area contributed by atoms with Crippen molar-refractivity contribution in [1.82, 2.24) is 15.1 Å². The predicted octanol–water partition coefficient (Wildman–Crippen LogP) is 1.12. The number of piperazine rings is 1. The first kappa shape index (κ1) is 18.2. The summed E-state index contributed by atoms with van der Waals surface area (Å²) in [5.41, 5.74) is 0. The molecule has 0 aromatic heterocycles. The summed E-state index contributed by atoms with van der Waals surface area (Å²) in [5, 5.41) is 3.33. The van der Waals surface area contributed by atoms with E-state index in [1.807, 2.05) is 23.6 Å². The molecule has 2 aliphatic heterocycles. The van der Waals surface area contributed by atoms with Crippen LogP contribution in [0.15, 0.2) is 0 Å². The van der Waals surface area contributed by atoms with E-state index >= 15 is 0 Å². The predicted molar refractivity (Wildman–Crippen MR) is 85.5 cm³/mol. The van der Waals surface area contributed by atoms with Crippen LogP contribution in [0.5, 0.6) is 0 Å². The zero-order chi connectivity index (χ0) is 14.5. The van der Waals surface area contributed by atoms with Gasteiger partial charge in [0.2, 0.25) is 11.8 Å². The summed E-state index contributed by atoms with van der Waals surface area (Å²) in [4.78, 5) is 28.0. The zero-order valence-corrected chi connectivity index (χ0v) is 14.0. The molecule has 2 saturated heterocycles. The molecule has 0 aromatic carbocycles. The zero-order valence-electron chi connectivity index (χ0n) is 13.1. The molecule has 0 radical (unpaired) electrons. The summed E-state index contributed by atoms with van der Waals surface area (Å²) < 4.78 is 0. The van der Waals surface area contributed by atoms with Crippen LogP contribution in [-0.2, 0) is 9.59 Å². The Morgan fingerprint density at radius 3 is 2.10 bits per heavy atom. The SMILES string of the molecule is CC(C)C(=O)N1CCN(C(=O)CC2CCNCC2)CC1.Cl. The first-order valence-corrected chi connectivity index (χ1v) is 7.85. The average molecular weight is 318 g/mol. The summed E-state index contributed by atoms with van der Waals surface area (Å²) >= 11 is 0. The van der Waals surface area contributed by atoms with Crippen molar-refractivity contribution < 1.29 is 9.59 Å². The Labute approximate surface area is 133 Å². The van der Waals surface area contributed by atoms with Gasteiger partial charge in [0.05, 0.1) is 0 Å². The lowest BCUT2D eigenvalue weighted by Gasteiger charge is -2.36. The van der Waals surface area contributed by atoms with Gasteiger partial charge in [-0.2, -0.15) is 0 Å². The topological polar surface area (TPSA) is 52.7 Å². The van der Waals surface area contributed by atoms with E-state index in [1.54, 1.807) is 0 Å². The fourth-order valence-corrected chi connectivity index (χ4v) is 3.00. The molecule has 2 fully saturated rings. The molecule has 2 amide bonds. The number of nitrogens with one attached hydrogen (secondary N) is 1. The largest absolute Gasteiger partial charge is 0.339 e. The minimum Gasteiger partial charge on any atom is -0.339 e. The second-order valence-corrected chi connectivity index (χ2v) is 6.26. The molecule has 122 valence electrons. The first-order chi connectivity index (χ1) is 9.58. The van der Waals surface area contributed by atoms with Gasteiger partial charge in [0.1, 0.15) is 0 Å². The van der Waals surface area contributed by atoms with Crippen molar-refractivity contribution in [1.29, 1.82) is 0 Å². The van der Waals surface area contributed by atoms with Gasteiger partial charge >= 0.3 is 0 Å². The lowest BCUT2D eigenvalue weighted by Crippen LogP contribution is -2.51. The van der Waals surface area contributed by atoms with Crippen molar-refractivity contribution in [2.45, 2.75) is 33.1 Å². The van der Waals surface area contributed by atoms with Crippen molar-refractivity contribution >= 4 is 24.2 Å². The molecule has 0 bridgehead atoms. The number of hydrogen-bond donors (Lipinski definition) is 1. The molecule has 21 heavy (non-hydrogen) atoms. The van der Waals surface area contributed by atoms with E-state index in [0.717, 1.165) is 25.9 Å². The number of piperidine rings is 1. The quantitative estimate of drug-likeness (QED) is 0.849. The van der Waals surface area contributed by atoms with Crippen molar-refractivity contribution in [2.24, 2.45) is 11.8 Å². The Hall–Kier alpha value is -0.810. The second-order valence-electron chi connectivity index (χ2n) is 6.26. The fourth-order valence-electron chi connectivity index (χ4n) is 3.00. The van der Waals surface area contributed by atoms with E-state index in [2.05, 4.69) is 5.32 Å². The van der Waals surface area contributed by atoms with E-state index in [4.69, 9.17) is 0 Å². The summed E-state index contributed by atoms with van der Waals surface area (Å²) in [5.74, 6) is 1.06. The summed E-state index contributed by atoms with van der Waals surface area (Å²) in [7, 11) is 0. The highest BCUT2D eigenvalue weighted by Gasteiger charge is 2.26. The van der Waals surface area contributed by atoms with E-state index in [9.17, 15) is 9.59 Å². The van der Waals surface area contributed by atoms with Crippen molar-refractivity contribution in [3.63, 3.8) is 0 Å². The van der Waals surface area contributed by atoms with Crippen LogP contribution in [-0.4, -0.2) is 60.9 Å². The first-order valence-electron chi connectivity index (χ1n) is 7.85. The second kappa shape index (κ2) is 8.59. The third-order valence-corrected chi connectivity index (χ3v) is 4.36. The van der Waals surface area contributed by atoms with Gasteiger partial charge in [0.15, 0.2) is 0 Å². The highest BCUT2D eigenvalue weighted by molar-refractivity contribution is 5.85. The molecule has 0 spiro atoms. The van der Waals surface area contributed by atoms with E-state index < -0.39 is 0 Å². The number of halogens is 1. The number of carbonyl (C=O) groups excluding carboxylic acids is 2. The summed E-state index contributed by atoms with van der Waals surface area (Å²) in [6.07, 6.45) is 2.90. The van der Waals surface area contributed by atoms with E-state index in [1.165, 1.54) is 0 Å². The number of rotatable bonds is 3. The van der Waals surface area contributed by atoms with Crippen LogP contribution >= 0.6 is 12.4 Å². The summed E-state index contributed by atoms with van der Waals surface area (Å²) in [6.45, 7) is 8.70. The van der Waals surface area contributed by atoms with E-state index in [0.29, 0.717) is 38.5 Å². The maximum atomic E-state index is 12.3. The van der Waals surface area contributed by atoms with Gasteiger partial charge in [-0.1, -0.05) is 13.8 Å². The molecule has 2 heterocycles. The van der Waals surface area contributed by atoms with Crippen LogP contribution in [0, 0.1) is 11.8 Å². The van der Waals surface area contributed by atoms with Gasteiger partial charge in [0, 0.05) is 38.5 Å². The van der Waals surface area contributed by atoms with Gasteiger partial charge in [-0.15, -0.1) is 12.4 Å². The van der Waals surface area contributed by atoms with Gasteiger partial charge in [-0.3, -0.25) is 9.59 Å². The molecule has 0 atom stereocenters. The average Bonchev–Trinajstić information content (AvgIpc) is 2.47. The Kier molecular flexibility index (Phi) is 7.46. The summed E-state index contributed by atoms with van der Waals surface area (Å²) in [6, 6.07) is 0. The van der Waals surface area contributed by atoms with Crippen molar-refractivity contribution in [3.05, 3.63) is 0 Å². The van der Waals surface area contributed by atoms with Crippen LogP contribution in [0.3, 0.4) is 0 Å². The molecule has 1 N–H and O–H groups in total. The van der Waals surface area contributed by atoms with Gasteiger partial charge in [-0.05, 0) is 31.8 Å². The van der Waals surface area contributed by atoms with E-state index in [-0.39, 0.29) is 30.1 Å². The smallest absolute Gasteiger partial charge is 0.225 e. The number of hydrogen-bond acceptors (Lipinski definition) is 3. The number of amides is 2. The lowest BCUT2D eigenvalue weighted by molar-refractivity contribution is -0.142. The standard InChI is InChI=1S/C15H27N3O2.ClH/c1-12(2)15(20)18-9-7-17(8-10-18)14(19)11-13-3-5-16-6-4-13;/h12-13,16H,3-11H2,1-2H3;1H. The normalized spacial score (nSPS) is 20.3. The maximum absolute atomic E-state index is 12.3. The molecule has 0 saturated carbocycles. The monoisotopic (exact) mass is 317 g/mol. The van der Waals surface area contributed by atoms with Gasteiger partial charge in [0.25, 0.3) is 0 Å². The van der Waals surface area contributed by atoms with Crippen LogP contribution in [0.2, 0.25) is 0 Å². The van der Waals surface area contributed by atoms with Gasteiger partial charge in [-0.25, -0.2) is 0 Å². The molecule has 0 aliphatic carbocycles. The molecule has 2 aliphatic rings. The molecule has 0 unspecified atom stereocenters. The van der Waals surface area contributed by atoms with Crippen LogP contribution < -0.4 is 5.32 Å². The third kappa shape index (κ3) is 5.15. The third-order valence-electron chi connectivity index (χ3n) is 4.36. The Morgan fingerprint density at radius 1 is 1.05 bits per heavy atom. The highest BCUT2D eigenvalue weighted by atomic mass is 35.5. The number of carbonyl (C=O) groups is 2. The molecular weight excluding hydrogens is 290 g/mol. The molecule has 6 heteroatoms. The fraction of sp³-hybridized carbons (Fsp3) is 0.867. The maximum Gasteiger partial charge on any atom is 0.225 e. The van der Waals surface area contributed by atoms with Crippen molar-refractivity contribution in [3.8, 4) is 0 Å². The number of nitrogens with zero attached hydrogens (tertiary/aromatic N) is 2. The highest BCUT2D eigenvalue weighted by Crippen LogP contribution is 2.18. The Morgan fingerprint density at radius 2 is 1.57 bits per heavy atom. The molecule has 2 rings (SSSR count). The Bertz CT molecular complexity index is 349. The molecular formula is C15H28ClN3O2. The minimum absolute atomic E-state index is 0. The van der Waals surface area contributed by atoms with Crippen LogP contribution in [0.1, 0.15) is 33.1 Å². The van der Waals surface area contributed by atoms with Crippen LogP contribution in [0.25, 0.3) is 0 Å². The Balaban J connectivity index is 0.00000220. The molecule has 5 nitrogen and oxygen atoms in total.